The third-order valence-electron chi connectivity index (χ3n) is 6.72. The van der Waals surface area contributed by atoms with Gasteiger partial charge in [0.05, 0.1) is 17.4 Å². The van der Waals surface area contributed by atoms with Crippen LogP contribution in [-0.2, 0) is 11.3 Å². The van der Waals surface area contributed by atoms with E-state index in [2.05, 4.69) is 10.4 Å². The Morgan fingerprint density at radius 2 is 1.83 bits per heavy atom. The minimum atomic E-state index is -0.660. The SMILES string of the molecule is O=C(C1=CNN(C(=O)c2cccc(Cn3c(=O)[nH]c(=O)c4cc(F)ccc43)c2)C=C1)C1CCCCC1. The first-order valence-electron chi connectivity index (χ1n) is 11.9. The van der Waals surface area contributed by atoms with Crippen LogP contribution >= 0.6 is 0 Å². The molecule has 3 aromatic rings. The number of halogens is 1. The lowest BCUT2D eigenvalue weighted by Gasteiger charge is -2.25. The molecule has 9 heteroatoms. The second-order valence-electron chi connectivity index (χ2n) is 9.13. The van der Waals surface area contributed by atoms with E-state index in [0.717, 1.165) is 31.7 Å². The average molecular weight is 489 g/mol. The second kappa shape index (κ2) is 9.77. The fourth-order valence-electron chi connectivity index (χ4n) is 4.81. The van der Waals surface area contributed by atoms with Crippen LogP contribution in [0.4, 0.5) is 4.39 Å². The van der Waals surface area contributed by atoms with Crippen molar-refractivity contribution in [2.75, 3.05) is 0 Å². The van der Waals surface area contributed by atoms with Crippen molar-refractivity contribution in [3.63, 3.8) is 0 Å². The zero-order valence-corrected chi connectivity index (χ0v) is 19.5. The van der Waals surface area contributed by atoms with Crippen molar-refractivity contribution < 1.29 is 14.0 Å². The van der Waals surface area contributed by atoms with Gasteiger partial charge < -0.3 is 0 Å². The Bertz CT molecular complexity index is 1530. The molecule has 0 radical (unpaired) electrons. The lowest BCUT2D eigenvalue weighted by Crippen LogP contribution is -2.38. The zero-order valence-electron chi connectivity index (χ0n) is 19.5. The van der Waals surface area contributed by atoms with E-state index in [1.54, 1.807) is 42.7 Å². The summed E-state index contributed by atoms with van der Waals surface area (Å²) in [5, 5.41) is 1.36. The first kappa shape index (κ1) is 23.5. The maximum absolute atomic E-state index is 13.6. The molecule has 36 heavy (non-hydrogen) atoms. The van der Waals surface area contributed by atoms with Crippen molar-refractivity contribution in [1.29, 1.82) is 0 Å². The maximum Gasteiger partial charge on any atom is 0.329 e. The van der Waals surface area contributed by atoms with Crippen LogP contribution in [0.3, 0.4) is 0 Å². The average Bonchev–Trinajstić information content (AvgIpc) is 2.91. The van der Waals surface area contributed by atoms with Crippen molar-refractivity contribution in [3.8, 4) is 0 Å². The van der Waals surface area contributed by atoms with Gasteiger partial charge in [-0.05, 0) is 54.8 Å². The lowest BCUT2D eigenvalue weighted by atomic mass is 9.84. The molecule has 2 aromatic carbocycles. The number of nitrogens with one attached hydrogen (secondary N) is 2. The number of carbonyl (C=O) groups excluding carboxylic acids is 2. The van der Waals surface area contributed by atoms with Crippen molar-refractivity contribution in [2.45, 2.75) is 38.6 Å². The molecular formula is C27H25FN4O4. The molecule has 1 aromatic heterocycles. The third-order valence-corrected chi connectivity index (χ3v) is 6.72. The van der Waals surface area contributed by atoms with Gasteiger partial charge in [0.15, 0.2) is 5.78 Å². The second-order valence-corrected chi connectivity index (χ2v) is 9.13. The molecule has 1 fully saturated rings. The molecule has 0 saturated heterocycles. The van der Waals surface area contributed by atoms with Crippen molar-refractivity contribution in [1.82, 2.24) is 20.0 Å². The third kappa shape index (κ3) is 4.64. The van der Waals surface area contributed by atoms with Crippen molar-refractivity contribution >= 4 is 22.6 Å². The predicted molar refractivity (Wildman–Crippen MR) is 132 cm³/mol. The maximum atomic E-state index is 13.6. The molecule has 0 atom stereocenters. The van der Waals surface area contributed by atoms with Crippen LogP contribution in [0.15, 0.2) is 76.1 Å². The standard InChI is InChI=1S/C27H25FN4O4/c28-21-9-10-23-22(14-21)25(34)30-27(36)31(23)16-17-5-4-8-19(13-17)26(35)32-12-11-20(15-29-32)24(33)18-6-2-1-3-7-18/h4-5,8-15,18,29H,1-3,6-7,16H2,(H,30,34,36). The van der Waals surface area contributed by atoms with Gasteiger partial charge in [0.25, 0.3) is 11.5 Å². The van der Waals surface area contributed by atoms with Gasteiger partial charge in [-0.1, -0.05) is 31.4 Å². The highest BCUT2D eigenvalue weighted by Gasteiger charge is 2.25. The summed E-state index contributed by atoms with van der Waals surface area (Å²) >= 11 is 0. The molecule has 0 bridgehead atoms. The zero-order chi connectivity index (χ0) is 25.2. The summed E-state index contributed by atoms with van der Waals surface area (Å²) in [6, 6.07) is 10.4. The molecule has 1 aliphatic carbocycles. The molecule has 2 N–H and O–H groups in total. The molecule has 1 amide bonds. The summed E-state index contributed by atoms with van der Waals surface area (Å²) in [4.78, 5) is 52.6. The van der Waals surface area contributed by atoms with Gasteiger partial charge in [0.1, 0.15) is 5.82 Å². The van der Waals surface area contributed by atoms with Crippen LogP contribution < -0.4 is 16.7 Å². The molecule has 0 spiro atoms. The van der Waals surface area contributed by atoms with Crippen molar-refractivity contribution in [3.05, 3.63) is 104 Å². The molecular weight excluding hydrogens is 463 g/mol. The Morgan fingerprint density at radius 3 is 2.58 bits per heavy atom. The Balaban J connectivity index is 1.34. The van der Waals surface area contributed by atoms with Crippen LogP contribution in [0.2, 0.25) is 0 Å². The molecule has 184 valence electrons. The Labute approximate surface area is 205 Å². The monoisotopic (exact) mass is 488 g/mol. The highest BCUT2D eigenvalue weighted by atomic mass is 19.1. The van der Waals surface area contributed by atoms with Gasteiger partial charge in [0, 0.05) is 29.5 Å². The van der Waals surface area contributed by atoms with Gasteiger partial charge >= 0.3 is 5.69 Å². The lowest BCUT2D eigenvalue weighted by molar-refractivity contribution is -0.119. The predicted octanol–water partition coefficient (Wildman–Crippen LogP) is 3.38. The summed E-state index contributed by atoms with van der Waals surface area (Å²) in [5.74, 6) is -0.773. The molecule has 2 aliphatic rings. The summed E-state index contributed by atoms with van der Waals surface area (Å²) in [6.07, 6.45) is 9.87. The molecule has 1 aliphatic heterocycles. The van der Waals surface area contributed by atoms with E-state index >= 15 is 0 Å². The highest BCUT2D eigenvalue weighted by Crippen LogP contribution is 2.27. The number of hydrogen-bond donors (Lipinski definition) is 2. The first-order chi connectivity index (χ1) is 17.4. The number of hydrazine groups is 1. The van der Waals surface area contributed by atoms with Gasteiger partial charge in [-0.2, -0.15) is 0 Å². The smallest absolute Gasteiger partial charge is 0.298 e. The van der Waals surface area contributed by atoms with E-state index < -0.39 is 17.1 Å². The van der Waals surface area contributed by atoms with Crippen LogP contribution in [-0.4, -0.2) is 26.3 Å². The molecule has 0 unspecified atom stereocenters. The number of benzene rings is 2. The fourth-order valence-corrected chi connectivity index (χ4v) is 4.81. The van der Waals surface area contributed by atoms with Crippen LogP contribution in [0.5, 0.6) is 0 Å². The fraction of sp³-hybridized carbons (Fsp3) is 0.259. The number of nitrogens with zero attached hydrogens (tertiary/aromatic N) is 2. The van der Waals surface area contributed by atoms with E-state index in [4.69, 9.17) is 0 Å². The number of aromatic nitrogens is 2. The van der Waals surface area contributed by atoms with Gasteiger partial charge in [-0.25, -0.2) is 14.2 Å². The van der Waals surface area contributed by atoms with Gasteiger partial charge in [0.2, 0.25) is 0 Å². The number of carbonyl (C=O) groups is 2. The quantitative estimate of drug-likeness (QED) is 0.573. The molecule has 8 nitrogen and oxygen atoms in total. The van der Waals surface area contributed by atoms with E-state index in [1.807, 2.05) is 0 Å². The summed E-state index contributed by atoms with van der Waals surface area (Å²) in [5.41, 5.74) is 3.46. The largest absolute Gasteiger partial charge is 0.329 e. The summed E-state index contributed by atoms with van der Waals surface area (Å²) in [6.45, 7) is 0.0715. The van der Waals surface area contributed by atoms with E-state index in [-0.39, 0.29) is 29.5 Å². The number of H-pyrrole nitrogens is 1. The van der Waals surface area contributed by atoms with Gasteiger partial charge in [-0.3, -0.25) is 29.4 Å². The molecule has 1 saturated carbocycles. The van der Waals surface area contributed by atoms with Crippen LogP contribution in [0.1, 0.15) is 48.0 Å². The van der Waals surface area contributed by atoms with Crippen molar-refractivity contribution in [2.24, 2.45) is 5.92 Å². The highest BCUT2D eigenvalue weighted by molar-refractivity contribution is 6.00. The normalized spacial score (nSPS) is 16.0. The molecule has 2 heterocycles. The molecule has 5 rings (SSSR count). The Hall–Kier alpha value is -4.27. The topological polar surface area (TPSA) is 104 Å². The minimum Gasteiger partial charge on any atom is -0.298 e. The number of Topliss-reactive ketones (excluding diaryl/α,β-unsaturated/α-hetero) is 1. The number of fused-ring (bicyclic) bond motifs is 1. The summed E-state index contributed by atoms with van der Waals surface area (Å²) in [7, 11) is 0. The Kier molecular flexibility index (Phi) is 6.37. The van der Waals surface area contributed by atoms with Crippen LogP contribution in [0.25, 0.3) is 10.9 Å². The van der Waals surface area contributed by atoms with E-state index in [0.29, 0.717) is 22.2 Å². The number of rotatable bonds is 5. The van der Waals surface area contributed by atoms with Crippen LogP contribution in [0, 0.1) is 11.7 Å². The number of ketones is 1. The first-order valence-corrected chi connectivity index (χ1v) is 11.9. The van der Waals surface area contributed by atoms with E-state index in [1.165, 1.54) is 28.1 Å². The Morgan fingerprint density at radius 1 is 1.03 bits per heavy atom. The number of aromatic amines is 1. The van der Waals surface area contributed by atoms with E-state index in [9.17, 15) is 23.6 Å². The van der Waals surface area contributed by atoms with Gasteiger partial charge in [-0.15, -0.1) is 0 Å². The number of amides is 1. The number of allylic oxidation sites excluding steroid dienone is 2. The minimum absolute atomic E-state index is 0.0410. The number of hydrogen-bond acceptors (Lipinski definition) is 5. The summed E-state index contributed by atoms with van der Waals surface area (Å²) < 4.78 is 15.0.